The SMILES string of the molecule is CC12CNC(=O)C1=NN(c1ccc(Cl)cc1)C2. The maximum absolute atomic E-state index is 11.6. The number of fused-ring (bicyclic) bond motifs is 1. The number of hydrogen-bond donors (Lipinski definition) is 1. The Balaban J connectivity index is 1.94. The summed E-state index contributed by atoms with van der Waals surface area (Å²) in [5, 5.41) is 9.79. The molecule has 1 amide bonds. The number of benzene rings is 1. The van der Waals surface area contributed by atoms with Crippen LogP contribution in [0.15, 0.2) is 29.4 Å². The van der Waals surface area contributed by atoms with Crippen LogP contribution in [0.4, 0.5) is 5.69 Å². The Morgan fingerprint density at radius 2 is 2.12 bits per heavy atom. The van der Waals surface area contributed by atoms with Gasteiger partial charge in [-0.25, -0.2) is 0 Å². The molecule has 17 heavy (non-hydrogen) atoms. The van der Waals surface area contributed by atoms with Crippen molar-refractivity contribution in [2.24, 2.45) is 10.5 Å². The highest BCUT2D eigenvalue weighted by molar-refractivity contribution is 6.43. The minimum absolute atomic E-state index is 0.0519. The van der Waals surface area contributed by atoms with E-state index in [2.05, 4.69) is 17.3 Å². The predicted molar refractivity (Wildman–Crippen MR) is 67.3 cm³/mol. The summed E-state index contributed by atoms with van der Waals surface area (Å²) in [5.41, 5.74) is 1.43. The molecule has 1 saturated heterocycles. The topological polar surface area (TPSA) is 44.7 Å². The van der Waals surface area contributed by atoms with E-state index in [0.717, 1.165) is 12.2 Å². The van der Waals surface area contributed by atoms with Crippen LogP contribution < -0.4 is 10.3 Å². The summed E-state index contributed by atoms with van der Waals surface area (Å²) in [6, 6.07) is 7.48. The Morgan fingerprint density at radius 1 is 1.41 bits per heavy atom. The number of halogens is 1. The lowest BCUT2D eigenvalue weighted by Crippen LogP contribution is -2.31. The smallest absolute Gasteiger partial charge is 0.268 e. The lowest BCUT2D eigenvalue weighted by Gasteiger charge is -2.20. The van der Waals surface area contributed by atoms with Gasteiger partial charge in [0.05, 0.1) is 17.6 Å². The monoisotopic (exact) mass is 249 g/mol. The van der Waals surface area contributed by atoms with Gasteiger partial charge in [0.25, 0.3) is 5.91 Å². The maximum atomic E-state index is 11.6. The van der Waals surface area contributed by atoms with Gasteiger partial charge in [0.1, 0.15) is 5.71 Å². The lowest BCUT2D eigenvalue weighted by molar-refractivity contribution is -0.113. The molecule has 0 radical (unpaired) electrons. The maximum Gasteiger partial charge on any atom is 0.268 e. The third-order valence-electron chi connectivity index (χ3n) is 3.27. The summed E-state index contributed by atoms with van der Waals surface area (Å²) < 4.78 is 0. The van der Waals surface area contributed by atoms with Crippen LogP contribution in [0.3, 0.4) is 0 Å². The average Bonchev–Trinajstić information content (AvgIpc) is 2.77. The van der Waals surface area contributed by atoms with Crippen molar-refractivity contribution < 1.29 is 4.79 Å². The largest absolute Gasteiger partial charge is 0.350 e. The van der Waals surface area contributed by atoms with Crippen LogP contribution in [0.1, 0.15) is 6.92 Å². The summed E-state index contributed by atoms with van der Waals surface area (Å²) in [5.74, 6) is -0.0519. The first kappa shape index (κ1) is 10.6. The van der Waals surface area contributed by atoms with E-state index in [1.807, 2.05) is 29.3 Å². The summed E-state index contributed by atoms with van der Waals surface area (Å²) >= 11 is 5.85. The van der Waals surface area contributed by atoms with Gasteiger partial charge in [0.15, 0.2) is 0 Å². The number of hydrazone groups is 1. The van der Waals surface area contributed by atoms with Crippen LogP contribution in [0.2, 0.25) is 5.02 Å². The van der Waals surface area contributed by atoms with Gasteiger partial charge < -0.3 is 5.32 Å². The number of anilines is 1. The van der Waals surface area contributed by atoms with Crippen LogP contribution in [0, 0.1) is 5.41 Å². The first-order valence-electron chi connectivity index (χ1n) is 5.49. The van der Waals surface area contributed by atoms with Crippen LogP contribution >= 0.6 is 11.6 Å². The molecule has 1 atom stereocenters. The Hall–Kier alpha value is -1.55. The molecule has 0 saturated carbocycles. The molecule has 1 fully saturated rings. The first-order valence-corrected chi connectivity index (χ1v) is 5.87. The zero-order valence-corrected chi connectivity index (χ0v) is 10.2. The van der Waals surface area contributed by atoms with E-state index in [1.54, 1.807) is 0 Å². The van der Waals surface area contributed by atoms with Gasteiger partial charge in [-0.15, -0.1) is 0 Å². The molecule has 3 rings (SSSR count). The average molecular weight is 250 g/mol. The number of nitrogens with one attached hydrogen (secondary N) is 1. The number of rotatable bonds is 1. The first-order chi connectivity index (χ1) is 8.08. The summed E-state index contributed by atoms with van der Waals surface area (Å²) in [7, 11) is 0. The molecule has 0 bridgehead atoms. The van der Waals surface area contributed by atoms with Crippen molar-refractivity contribution in [3.8, 4) is 0 Å². The van der Waals surface area contributed by atoms with E-state index in [4.69, 9.17) is 11.6 Å². The highest BCUT2D eigenvalue weighted by atomic mass is 35.5. The quantitative estimate of drug-likeness (QED) is 0.823. The second-order valence-electron chi connectivity index (χ2n) is 4.73. The Kier molecular flexibility index (Phi) is 2.16. The molecule has 1 aromatic carbocycles. The highest BCUT2D eigenvalue weighted by Crippen LogP contribution is 2.33. The Labute approximate surface area is 104 Å². The van der Waals surface area contributed by atoms with Gasteiger partial charge in [-0.1, -0.05) is 18.5 Å². The van der Waals surface area contributed by atoms with Crippen LogP contribution in [0.25, 0.3) is 0 Å². The molecule has 0 aliphatic carbocycles. The Morgan fingerprint density at radius 3 is 2.76 bits per heavy atom. The van der Waals surface area contributed by atoms with Crippen molar-refractivity contribution in [1.29, 1.82) is 0 Å². The van der Waals surface area contributed by atoms with Gasteiger partial charge in [-0.2, -0.15) is 5.10 Å². The van der Waals surface area contributed by atoms with Crippen LogP contribution in [0.5, 0.6) is 0 Å². The van der Waals surface area contributed by atoms with Crippen molar-refractivity contribution in [2.45, 2.75) is 6.92 Å². The van der Waals surface area contributed by atoms with Gasteiger partial charge in [-0.3, -0.25) is 9.80 Å². The van der Waals surface area contributed by atoms with Crippen LogP contribution in [-0.4, -0.2) is 24.7 Å². The van der Waals surface area contributed by atoms with Crippen molar-refractivity contribution in [2.75, 3.05) is 18.1 Å². The zero-order chi connectivity index (χ0) is 12.0. The van der Waals surface area contributed by atoms with Gasteiger partial charge in [-0.05, 0) is 24.3 Å². The van der Waals surface area contributed by atoms with Crippen molar-refractivity contribution in [3.63, 3.8) is 0 Å². The summed E-state index contributed by atoms with van der Waals surface area (Å²) in [4.78, 5) is 11.6. The third kappa shape index (κ3) is 1.60. The Bertz CT molecular complexity index is 511. The third-order valence-corrected chi connectivity index (χ3v) is 3.52. The summed E-state index contributed by atoms with van der Waals surface area (Å²) in [6.45, 7) is 3.44. The second-order valence-corrected chi connectivity index (χ2v) is 5.16. The van der Waals surface area contributed by atoms with E-state index >= 15 is 0 Å². The summed E-state index contributed by atoms with van der Waals surface area (Å²) in [6.07, 6.45) is 0. The van der Waals surface area contributed by atoms with Crippen molar-refractivity contribution in [1.82, 2.24) is 5.32 Å². The normalized spacial score (nSPS) is 26.8. The zero-order valence-electron chi connectivity index (χ0n) is 9.40. The van der Waals surface area contributed by atoms with Gasteiger partial charge >= 0.3 is 0 Å². The van der Waals surface area contributed by atoms with Gasteiger partial charge in [0, 0.05) is 11.6 Å². The van der Waals surface area contributed by atoms with E-state index in [0.29, 0.717) is 17.3 Å². The van der Waals surface area contributed by atoms with E-state index < -0.39 is 0 Å². The standard InChI is InChI=1S/C12H12ClN3O/c1-12-6-14-11(17)10(12)15-16(7-12)9-4-2-8(13)3-5-9/h2-5H,6-7H2,1H3,(H,14,17). The van der Waals surface area contributed by atoms with E-state index in [9.17, 15) is 4.79 Å². The molecule has 2 aliphatic heterocycles. The molecule has 0 spiro atoms. The number of nitrogens with zero attached hydrogens (tertiary/aromatic N) is 2. The second kappa shape index (κ2) is 3.47. The highest BCUT2D eigenvalue weighted by Gasteiger charge is 2.47. The number of carbonyl (C=O) groups is 1. The molecule has 5 heteroatoms. The lowest BCUT2D eigenvalue weighted by atomic mass is 9.89. The minimum atomic E-state index is -0.170. The minimum Gasteiger partial charge on any atom is -0.350 e. The predicted octanol–water partition coefficient (Wildman–Crippen LogP) is 1.65. The molecule has 1 unspecified atom stereocenters. The fourth-order valence-corrected chi connectivity index (χ4v) is 2.39. The van der Waals surface area contributed by atoms with E-state index in [-0.39, 0.29) is 11.3 Å². The number of carbonyl (C=O) groups excluding carboxylic acids is 1. The molecule has 0 aromatic heterocycles. The fourth-order valence-electron chi connectivity index (χ4n) is 2.26. The number of hydrogen-bond acceptors (Lipinski definition) is 3. The van der Waals surface area contributed by atoms with Gasteiger partial charge in [0.2, 0.25) is 0 Å². The molecular formula is C12H12ClN3O. The molecular weight excluding hydrogens is 238 g/mol. The van der Waals surface area contributed by atoms with Crippen LogP contribution in [-0.2, 0) is 4.79 Å². The molecule has 1 N–H and O–H groups in total. The van der Waals surface area contributed by atoms with Crippen molar-refractivity contribution in [3.05, 3.63) is 29.3 Å². The molecule has 1 aromatic rings. The number of amides is 1. The molecule has 2 aliphatic rings. The fraction of sp³-hybridized carbons (Fsp3) is 0.333. The molecule has 2 heterocycles. The molecule has 88 valence electrons. The van der Waals surface area contributed by atoms with E-state index in [1.165, 1.54) is 0 Å². The molecule has 4 nitrogen and oxygen atoms in total. The van der Waals surface area contributed by atoms with Crippen molar-refractivity contribution >= 4 is 28.9 Å².